The number of benzene rings is 2. The molecule has 0 fully saturated rings. The average molecular weight is 375 g/mol. The number of phenolic OH excluding ortho intramolecular Hbond substituents is 2. The van der Waals surface area contributed by atoms with Gasteiger partial charge in [-0.1, -0.05) is 12.1 Å². The Morgan fingerprint density at radius 1 is 1.08 bits per heavy atom. The third-order valence-corrected chi connectivity index (χ3v) is 5.49. The molecule has 10 heteroatoms. The van der Waals surface area contributed by atoms with Crippen molar-refractivity contribution in [1.82, 2.24) is 0 Å². The lowest BCUT2D eigenvalue weighted by Gasteiger charge is -2.11. The molecular formula is C14H17NO7S2. The maximum Gasteiger partial charge on any atom is 0.294 e. The third-order valence-electron chi connectivity index (χ3n) is 2.95. The maximum absolute atomic E-state index is 12.2. The number of rotatable bonds is 4. The Kier molecular flexibility index (Phi) is 5.95. The molecule has 0 aliphatic carbocycles. The van der Waals surface area contributed by atoms with E-state index in [9.17, 15) is 27.0 Å². The standard InChI is InChI=1S/C13H12O7S2.CH5N/c1-2-5-21(16,17)13-10(14)4-3-8-6-9(22(18,19)20)7-11(15)12(8)13;1-2/h2-4,6-7,14-15H,1,5H2,(H,18,19,20);2H2,1H3. The number of sulfone groups is 1. The van der Waals surface area contributed by atoms with Gasteiger partial charge < -0.3 is 15.9 Å². The highest BCUT2D eigenvalue weighted by Gasteiger charge is 2.24. The largest absolute Gasteiger partial charge is 0.507 e. The topological polar surface area (TPSA) is 155 Å². The quantitative estimate of drug-likeness (QED) is 0.456. The molecule has 0 aliphatic heterocycles. The number of phenols is 2. The van der Waals surface area contributed by atoms with Crippen molar-refractivity contribution in [3.63, 3.8) is 0 Å². The Balaban J connectivity index is 0.00000139. The summed E-state index contributed by atoms with van der Waals surface area (Å²) in [6.45, 7) is 3.31. The van der Waals surface area contributed by atoms with Crippen LogP contribution in [-0.4, -0.2) is 44.4 Å². The lowest BCUT2D eigenvalue weighted by molar-refractivity contribution is 0.456. The summed E-state index contributed by atoms with van der Waals surface area (Å²) in [5, 5.41) is 19.6. The SMILES string of the molecule is C=CCS(=O)(=O)c1c(O)ccc2cc(S(=O)(=O)O)cc(O)c12.CN. The van der Waals surface area contributed by atoms with Crippen LogP contribution in [-0.2, 0) is 20.0 Å². The van der Waals surface area contributed by atoms with E-state index in [4.69, 9.17) is 4.55 Å². The fourth-order valence-electron chi connectivity index (χ4n) is 2.08. The highest BCUT2D eigenvalue weighted by molar-refractivity contribution is 7.92. The van der Waals surface area contributed by atoms with Gasteiger partial charge in [-0.25, -0.2) is 8.42 Å². The lowest BCUT2D eigenvalue weighted by Crippen LogP contribution is -2.06. The molecule has 0 aliphatic rings. The van der Waals surface area contributed by atoms with Gasteiger partial charge in [-0.15, -0.1) is 6.58 Å². The zero-order chi connectivity index (χ0) is 18.7. The molecule has 0 amide bonds. The van der Waals surface area contributed by atoms with E-state index in [1.54, 1.807) is 0 Å². The molecule has 0 bridgehead atoms. The molecule has 0 heterocycles. The molecule has 24 heavy (non-hydrogen) atoms. The molecule has 5 N–H and O–H groups in total. The zero-order valence-electron chi connectivity index (χ0n) is 12.7. The first-order valence-electron chi connectivity index (χ1n) is 6.45. The highest BCUT2D eigenvalue weighted by atomic mass is 32.2. The number of fused-ring (bicyclic) bond motifs is 1. The molecule has 132 valence electrons. The van der Waals surface area contributed by atoms with E-state index in [1.165, 1.54) is 13.1 Å². The van der Waals surface area contributed by atoms with Gasteiger partial charge in [-0.2, -0.15) is 8.42 Å². The summed E-state index contributed by atoms with van der Waals surface area (Å²) in [5.41, 5.74) is 4.50. The van der Waals surface area contributed by atoms with Crippen molar-refractivity contribution in [2.45, 2.75) is 9.79 Å². The highest BCUT2D eigenvalue weighted by Crippen LogP contribution is 2.38. The van der Waals surface area contributed by atoms with Gasteiger partial charge in [-0.05, 0) is 24.6 Å². The van der Waals surface area contributed by atoms with E-state index in [0.717, 1.165) is 18.2 Å². The van der Waals surface area contributed by atoms with Gasteiger partial charge in [0.1, 0.15) is 16.4 Å². The Hall–Kier alpha value is -2.14. The summed E-state index contributed by atoms with van der Waals surface area (Å²) in [4.78, 5) is -1.11. The first-order chi connectivity index (χ1) is 11.1. The number of aromatic hydroxyl groups is 2. The van der Waals surface area contributed by atoms with Crippen molar-refractivity contribution >= 4 is 30.7 Å². The van der Waals surface area contributed by atoms with Crippen molar-refractivity contribution in [2.24, 2.45) is 5.73 Å². The van der Waals surface area contributed by atoms with E-state index >= 15 is 0 Å². The molecule has 0 radical (unpaired) electrons. The molecule has 8 nitrogen and oxygen atoms in total. The summed E-state index contributed by atoms with van der Waals surface area (Å²) in [5.74, 6) is -1.74. The van der Waals surface area contributed by atoms with E-state index in [-0.39, 0.29) is 10.8 Å². The van der Waals surface area contributed by atoms with Crippen LogP contribution in [0.25, 0.3) is 10.8 Å². The lowest BCUT2D eigenvalue weighted by atomic mass is 10.1. The fourth-order valence-corrected chi connectivity index (χ4v) is 4.01. The summed E-state index contributed by atoms with van der Waals surface area (Å²) in [6.07, 6.45) is 1.12. The van der Waals surface area contributed by atoms with Gasteiger partial charge in [0.2, 0.25) is 0 Å². The summed E-state index contributed by atoms with van der Waals surface area (Å²) >= 11 is 0. The third kappa shape index (κ3) is 3.85. The molecule has 0 saturated carbocycles. The number of nitrogens with two attached hydrogens (primary N) is 1. The Morgan fingerprint density at radius 2 is 1.67 bits per heavy atom. The summed E-state index contributed by atoms with van der Waals surface area (Å²) in [7, 11) is -7.05. The van der Waals surface area contributed by atoms with E-state index < -0.39 is 47.0 Å². The van der Waals surface area contributed by atoms with Crippen LogP contribution < -0.4 is 5.73 Å². The second-order valence-corrected chi connectivity index (χ2v) is 7.89. The zero-order valence-corrected chi connectivity index (χ0v) is 14.3. The Morgan fingerprint density at radius 3 is 2.17 bits per heavy atom. The molecule has 2 aromatic rings. The molecule has 0 saturated heterocycles. The summed E-state index contributed by atoms with van der Waals surface area (Å²) < 4.78 is 55.7. The van der Waals surface area contributed by atoms with Crippen LogP contribution in [0.15, 0.2) is 46.7 Å². The normalized spacial score (nSPS) is 11.6. The second kappa shape index (κ2) is 7.18. The molecule has 0 unspecified atom stereocenters. The van der Waals surface area contributed by atoms with E-state index in [1.807, 2.05) is 0 Å². The van der Waals surface area contributed by atoms with Crippen LogP contribution in [0.5, 0.6) is 11.5 Å². The first kappa shape index (κ1) is 19.9. The first-order valence-corrected chi connectivity index (χ1v) is 9.54. The van der Waals surface area contributed by atoms with Crippen molar-refractivity contribution < 1.29 is 31.6 Å². The van der Waals surface area contributed by atoms with Crippen LogP contribution >= 0.6 is 0 Å². The van der Waals surface area contributed by atoms with Crippen molar-refractivity contribution in [1.29, 1.82) is 0 Å². The van der Waals surface area contributed by atoms with Crippen LogP contribution in [0, 0.1) is 0 Å². The number of hydrogen-bond donors (Lipinski definition) is 4. The molecule has 0 aromatic heterocycles. The van der Waals surface area contributed by atoms with E-state index in [2.05, 4.69) is 12.3 Å². The van der Waals surface area contributed by atoms with Crippen molar-refractivity contribution in [3.05, 3.63) is 36.9 Å². The van der Waals surface area contributed by atoms with Gasteiger partial charge in [0, 0.05) is 11.5 Å². The average Bonchev–Trinajstić information content (AvgIpc) is 2.48. The minimum atomic E-state index is -4.57. The van der Waals surface area contributed by atoms with E-state index in [0.29, 0.717) is 6.07 Å². The monoisotopic (exact) mass is 375 g/mol. The minimum absolute atomic E-state index is 0.0352. The minimum Gasteiger partial charge on any atom is -0.507 e. The van der Waals surface area contributed by atoms with Gasteiger partial charge >= 0.3 is 0 Å². The van der Waals surface area contributed by atoms with Crippen LogP contribution in [0.4, 0.5) is 0 Å². The smallest absolute Gasteiger partial charge is 0.294 e. The van der Waals surface area contributed by atoms with Crippen molar-refractivity contribution in [2.75, 3.05) is 12.8 Å². The molecule has 2 aromatic carbocycles. The van der Waals surface area contributed by atoms with Crippen LogP contribution in [0.1, 0.15) is 0 Å². The predicted molar refractivity (Wildman–Crippen MR) is 89.5 cm³/mol. The molecule has 0 atom stereocenters. The van der Waals surface area contributed by atoms with Gasteiger partial charge in [0.25, 0.3) is 10.1 Å². The van der Waals surface area contributed by atoms with Gasteiger partial charge in [-0.3, -0.25) is 4.55 Å². The van der Waals surface area contributed by atoms with Gasteiger partial charge in [0.05, 0.1) is 10.6 Å². The van der Waals surface area contributed by atoms with Gasteiger partial charge in [0.15, 0.2) is 9.84 Å². The predicted octanol–water partition coefficient (Wildman–Crippen LogP) is 1.03. The number of hydrogen-bond acceptors (Lipinski definition) is 7. The van der Waals surface area contributed by atoms with Crippen molar-refractivity contribution in [3.8, 4) is 11.5 Å². The van der Waals surface area contributed by atoms with Crippen LogP contribution in [0.2, 0.25) is 0 Å². The Labute approximate surface area is 139 Å². The summed E-state index contributed by atoms with van der Waals surface area (Å²) in [6, 6.07) is 4.00. The molecular weight excluding hydrogens is 358 g/mol. The Bertz CT molecular complexity index is 980. The van der Waals surface area contributed by atoms with Crippen LogP contribution in [0.3, 0.4) is 0 Å². The fraction of sp³-hybridized carbons (Fsp3) is 0.143. The second-order valence-electron chi connectivity index (χ2n) is 4.50. The molecule has 2 rings (SSSR count). The maximum atomic E-state index is 12.2. The molecule has 0 spiro atoms.